The van der Waals surface area contributed by atoms with Crippen LogP contribution in [0.25, 0.3) is 0 Å². The van der Waals surface area contributed by atoms with Crippen LogP contribution in [-0.2, 0) is 13.2 Å². The average Bonchev–Trinajstić information content (AvgIpc) is 3.45. The van der Waals surface area contributed by atoms with Crippen LogP contribution in [0.5, 0.6) is 11.5 Å². The second kappa shape index (κ2) is 9.57. The fourth-order valence-corrected chi connectivity index (χ4v) is 3.18. The van der Waals surface area contributed by atoms with Crippen molar-refractivity contribution >= 4 is 23.2 Å². The molecule has 2 heterocycles. The maximum Gasteiger partial charge on any atom is 0.291 e. The summed E-state index contributed by atoms with van der Waals surface area (Å²) in [5.74, 6) is 1.15. The van der Waals surface area contributed by atoms with Crippen LogP contribution >= 0.6 is 11.6 Å². The normalized spacial score (nSPS) is 10.7. The molecule has 0 unspecified atom stereocenters. The summed E-state index contributed by atoms with van der Waals surface area (Å²) in [6, 6.07) is 14.8. The van der Waals surface area contributed by atoms with E-state index in [4.69, 9.17) is 25.5 Å². The molecule has 0 bridgehead atoms. The van der Waals surface area contributed by atoms with Crippen LogP contribution < -0.4 is 14.8 Å². The molecule has 0 aliphatic carbocycles. The summed E-state index contributed by atoms with van der Waals surface area (Å²) in [7, 11) is 1.59. The van der Waals surface area contributed by atoms with E-state index in [0.29, 0.717) is 27.8 Å². The number of carbonyl (C=O) groups excluding carboxylic acids is 1. The van der Waals surface area contributed by atoms with Crippen molar-refractivity contribution in [2.24, 2.45) is 0 Å². The van der Waals surface area contributed by atoms with Crippen LogP contribution in [0, 0.1) is 5.82 Å². The number of amides is 1. The molecule has 7 nitrogen and oxygen atoms in total. The number of rotatable bonds is 8. The molecule has 1 N–H and O–H groups in total. The van der Waals surface area contributed by atoms with Gasteiger partial charge in [0.1, 0.15) is 29.7 Å². The number of aromatic nitrogens is 2. The summed E-state index contributed by atoms with van der Waals surface area (Å²) in [5, 5.41) is 7.15. The molecule has 4 rings (SSSR count). The quantitative estimate of drug-likeness (QED) is 0.397. The van der Waals surface area contributed by atoms with Crippen LogP contribution in [-0.4, -0.2) is 22.8 Å². The molecule has 0 aliphatic rings. The molecular formula is C23H19ClFN3O4. The highest BCUT2D eigenvalue weighted by molar-refractivity contribution is 6.31. The Balaban J connectivity index is 1.34. The number of furan rings is 1. The predicted octanol–water partition coefficient (Wildman–Crippen LogP) is 5.16. The minimum atomic E-state index is -0.441. The zero-order valence-corrected chi connectivity index (χ0v) is 17.8. The highest BCUT2D eigenvalue weighted by Crippen LogP contribution is 2.21. The number of anilines is 1. The Morgan fingerprint density at radius 3 is 2.69 bits per heavy atom. The van der Waals surface area contributed by atoms with Gasteiger partial charge in [-0.05, 0) is 48.5 Å². The van der Waals surface area contributed by atoms with E-state index in [1.165, 1.54) is 23.0 Å². The zero-order chi connectivity index (χ0) is 22.5. The molecule has 164 valence electrons. The van der Waals surface area contributed by atoms with E-state index in [1.54, 1.807) is 55.8 Å². The van der Waals surface area contributed by atoms with Gasteiger partial charge in [0.25, 0.3) is 5.91 Å². The molecule has 0 fully saturated rings. The molecular weight excluding hydrogens is 437 g/mol. The molecule has 0 saturated carbocycles. The molecule has 0 aliphatic heterocycles. The minimum absolute atomic E-state index is 0.128. The summed E-state index contributed by atoms with van der Waals surface area (Å²) in [4.78, 5) is 12.5. The summed E-state index contributed by atoms with van der Waals surface area (Å²) >= 11 is 6.05. The van der Waals surface area contributed by atoms with Gasteiger partial charge in [-0.1, -0.05) is 17.7 Å². The van der Waals surface area contributed by atoms with E-state index in [9.17, 15) is 9.18 Å². The molecule has 32 heavy (non-hydrogen) atoms. The summed E-state index contributed by atoms with van der Waals surface area (Å²) < 4.78 is 31.8. The van der Waals surface area contributed by atoms with Crippen molar-refractivity contribution in [2.75, 3.05) is 12.4 Å². The number of methoxy groups -OCH3 is 1. The van der Waals surface area contributed by atoms with Crippen molar-refractivity contribution < 1.29 is 23.1 Å². The lowest BCUT2D eigenvalue weighted by molar-refractivity contribution is 0.0992. The number of halogens is 2. The first kappa shape index (κ1) is 21.5. The van der Waals surface area contributed by atoms with Crippen molar-refractivity contribution in [2.45, 2.75) is 13.2 Å². The second-order valence-corrected chi connectivity index (χ2v) is 7.22. The van der Waals surface area contributed by atoms with Crippen LogP contribution in [0.2, 0.25) is 5.02 Å². The SMILES string of the molecule is COc1ccc(OCc2ccc(C(=O)Nc3cnn(Cc4c(F)cccc4Cl)c3)o2)cc1. The van der Waals surface area contributed by atoms with Gasteiger partial charge in [-0.15, -0.1) is 0 Å². The first-order valence-corrected chi connectivity index (χ1v) is 10.0. The van der Waals surface area contributed by atoms with Gasteiger partial charge in [0.05, 0.1) is 25.5 Å². The number of ether oxygens (including phenoxy) is 2. The van der Waals surface area contributed by atoms with Gasteiger partial charge < -0.3 is 19.2 Å². The van der Waals surface area contributed by atoms with Crippen LogP contribution in [0.1, 0.15) is 21.9 Å². The highest BCUT2D eigenvalue weighted by atomic mass is 35.5. The standard InChI is InChI=1S/C23H19ClFN3O4/c1-30-16-5-7-17(8-6-16)31-14-18-9-10-22(32-18)23(29)27-15-11-26-28(12-15)13-19-20(24)3-2-4-21(19)25/h2-12H,13-14H2,1H3,(H,27,29). The van der Waals surface area contributed by atoms with E-state index in [1.807, 2.05) is 0 Å². The summed E-state index contributed by atoms with van der Waals surface area (Å²) in [6.07, 6.45) is 3.04. The number of hydrogen-bond acceptors (Lipinski definition) is 5. The number of nitrogens with one attached hydrogen (secondary N) is 1. The lowest BCUT2D eigenvalue weighted by atomic mass is 10.2. The fourth-order valence-electron chi connectivity index (χ4n) is 2.96. The Kier molecular flexibility index (Phi) is 6.42. The minimum Gasteiger partial charge on any atom is -0.497 e. The Hall–Kier alpha value is -3.78. The van der Waals surface area contributed by atoms with Gasteiger partial charge >= 0.3 is 0 Å². The topological polar surface area (TPSA) is 78.5 Å². The van der Waals surface area contributed by atoms with Gasteiger partial charge in [0.15, 0.2) is 5.76 Å². The largest absolute Gasteiger partial charge is 0.497 e. The maximum absolute atomic E-state index is 14.0. The van der Waals surface area contributed by atoms with Crippen molar-refractivity contribution in [3.05, 3.63) is 94.9 Å². The van der Waals surface area contributed by atoms with Crippen molar-refractivity contribution in [1.82, 2.24) is 9.78 Å². The van der Waals surface area contributed by atoms with Crippen LogP contribution in [0.3, 0.4) is 0 Å². The molecule has 0 atom stereocenters. The fraction of sp³-hybridized carbons (Fsp3) is 0.130. The van der Waals surface area contributed by atoms with Gasteiger partial charge in [-0.25, -0.2) is 4.39 Å². The monoisotopic (exact) mass is 455 g/mol. The smallest absolute Gasteiger partial charge is 0.291 e. The number of hydrogen-bond donors (Lipinski definition) is 1. The number of benzene rings is 2. The molecule has 1 amide bonds. The van der Waals surface area contributed by atoms with Gasteiger partial charge in [-0.3, -0.25) is 9.48 Å². The third-order valence-corrected chi connectivity index (χ3v) is 4.95. The van der Waals surface area contributed by atoms with E-state index in [0.717, 1.165) is 5.75 Å². The second-order valence-electron chi connectivity index (χ2n) is 6.81. The summed E-state index contributed by atoms with van der Waals surface area (Å²) in [6.45, 7) is 0.302. The Labute approximate surface area is 188 Å². The first-order valence-electron chi connectivity index (χ1n) is 9.64. The predicted molar refractivity (Wildman–Crippen MR) is 117 cm³/mol. The maximum atomic E-state index is 14.0. The zero-order valence-electron chi connectivity index (χ0n) is 17.0. The number of carbonyl (C=O) groups is 1. The molecule has 4 aromatic rings. The molecule has 9 heteroatoms. The highest BCUT2D eigenvalue weighted by Gasteiger charge is 2.14. The molecule has 0 radical (unpaired) electrons. The van der Waals surface area contributed by atoms with Gasteiger partial charge in [0.2, 0.25) is 0 Å². The van der Waals surface area contributed by atoms with Crippen LogP contribution in [0.4, 0.5) is 10.1 Å². The number of nitrogens with zero attached hydrogens (tertiary/aromatic N) is 2. The van der Waals surface area contributed by atoms with Gasteiger partial charge in [-0.2, -0.15) is 5.10 Å². The average molecular weight is 456 g/mol. The Morgan fingerprint density at radius 2 is 1.94 bits per heavy atom. The third kappa shape index (κ3) is 5.09. The Bertz CT molecular complexity index is 1200. The lowest BCUT2D eigenvalue weighted by Gasteiger charge is -2.06. The molecule has 2 aromatic heterocycles. The molecule has 2 aromatic carbocycles. The van der Waals surface area contributed by atoms with Crippen molar-refractivity contribution in [1.29, 1.82) is 0 Å². The van der Waals surface area contributed by atoms with Crippen molar-refractivity contribution in [3.63, 3.8) is 0 Å². The Morgan fingerprint density at radius 1 is 1.16 bits per heavy atom. The van der Waals surface area contributed by atoms with E-state index in [2.05, 4.69) is 10.4 Å². The lowest BCUT2D eigenvalue weighted by Crippen LogP contribution is -2.10. The molecule has 0 saturated heterocycles. The van der Waals surface area contributed by atoms with Gasteiger partial charge in [0, 0.05) is 16.8 Å². The van der Waals surface area contributed by atoms with E-state index >= 15 is 0 Å². The van der Waals surface area contributed by atoms with E-state index in [-0.39, 0.29) is 18.9 Å². The van der Waals surface area contributed by atoms with Crippen LogP contribution in [0.15, 0.2) is 71.4 Å². The first-order chi connectivity index (χ1) is 15.5. The van der Waals surface area contributed by atoms with E-state index < -0.39 is 11.7 Å². The molecule has 0 spiro atoms. The summed E-state index contributed by atoms with van der Waals surface area (Å²) in [5.41, 5.74) is 0.762. The third-order valence-electron chi connectivity index (χ3n) is 4.60. The van der Waals surface area contributed by atoms with Crippen molar-refractivity contribution in [3.8, 4) is 11.5 Å².